The highest BCUT2D eigenvalue weighted by Gasteiger charge is 2.07. The van der Waals surface area contributed by atoms with Gasteiger partial charge in [-0.1, -0.05) is 13.8 Å². The normalized spacial score (nSPS) is 11.9. The van der Waals surface area contributed by atoms with Gasteiger partial charge in [-0.3, -0.25) is 4.79 Å². The quantitative estimate of drug-likeness (QED) is 0.692. The monoisotopic (exact) mass is 243 g/mol. The van der Waals surface area contributed by atoms with Crippen LogP contribution in [-0.2, 0) is 4.79 Å². The van der Waals surface area contributed by atoms with Crippen molar-refractivity contribution in [3.05, 3.63) is 0 Å². The van der Waals surface area contributed by atoms with Crippen molar-refractivity contribution in [1.82, 2.24) is 15.1 Å². The van der Waals surface area contributed by atoms with Crippen LogP contribution < -0.4 is 5.32 Å². The Bertz CT molecular complexity index is 217. The molecule has 0 rings (SSSR count). The minimum atomic E-state index is 0.0763. The highest BCUT2D eigenvalue weighted by atomic mass is 16.1. The molecule has 0 aromatic carbocycles. The molecule has 0 spiro atoms. The van der Waals surface area contributed by atoms with Crippen LogP contribution in [0.3, 0.4) is 0 Å². The van der Waals surface area contributed by atoms with Gasteiger partial charge in [0.15, 0.2) is 0 Å². The van der Waals surface area contributed by atoms with Crippen LogP contribution >= 0.6 is 0 Å². The van der Waals surface area contributed by atoms with Crippen molar-refractivity contribution in [2.24, 2.45) is 5.92 Å². The molecule has 4 heteroatoms. The topological polar surface area (TPSA) is 35.6 Å². The summed E-state index contributed by atoms with van der Waals surface area (Å²) in [4.78, 5) is 15.9. The van der Waals surface area contributed by atoms with Crippen LogP contribution in [0.25, 0.3) is 0 Å². The van der Waals surface area contributed by atoms with E-state index in [1.165, 1.54) is 0 Å². The first-order chi connectivity index (χ1) is 7.84. The fraction of sp³-hybridized carbons (Fsp3) is 0.923. The Kier molecular flexibility index (Phi) is 8.17. The molecule has 0 saturated heterocycles. The van der Waals surface area contributed by atoms with Gasteiger partial charge in [-0.05, 0) is 27.9 Å². The number of likely N-dealkylation sites (N-methyl/N-ethyl adjacent to an activating group) is 2. The minimum absolute atomic E-state index is 0.0763. The predicted molar refractivity (Wildman–Crippen MR) is 73.1 cm³/mol. The van der Waals surface area contributed by atoms with Crippen LogP contribution in [0.2, 0.25) is 0 Å². The summed E-state index contributed by atoms with van der Waals surface area (Å²) in [7, 11) is 4.23. The second-order valence-electron chi connectivity index (χ2n) is 5.32. The van der Waals surface area contributed by atoms with E-state index in [0.29, 0.717) is 6.04 Å². The number of nitrogens with one attached hydrogen (secondary N) is 1. The van der Waals surface area contributed by atoms with E-state index in [1.54, 1.807) is 0 Å². The number of nitrogens with zero attached hydrogens (tertiary/aromatic N) is 2. The third-order valence-corrected chi connectivity index (χ3v) is 3.03. The largest absolute Gasteiger partial charge is 0.355 e. The summed E-state index contributed by atoms with van der Waals surface area (Å²) in [6.45, 7) is 12.0. The van der Waals surface area contributed by atoms with Gasteiger partial charge >= 0.3 is 0 Å². The maximum atomic E-state index is 11.3. The molecule has 0 aromatic heterocycles. The van der Waals surface area contributed by atoms with Gasteiger partial charge in [0.25, 0.3) is 0 Å². The molecule has 1 N–H and O–H groups in total. The number of carbonyl (C=O) groups is 1. The maximum absolute atomic E-state index is 11.3. The van der Waals surface area contributed by atoms with E-state index in [2.05, 4.69) is 43.1 Å². The molecule has 0 aliphatic heterocycles. The Hall–Kier alpha value is -0.610. The molecule has 0 fully saturated rings. The van der Waals surface area contributed by atoms with Crippen LogP contribution in [0.5, 0.6) is 0 Å². The van der Waals surface area contributed by atoms with E-state index in [-0.39, 0.29) is 11.8 Å². The van der Waals surface area contributed by atoms with Crippen molar-refractivity contribution in [2.75, 3.05) is 40.3 Å². The zero-order valence-electron chi connectivity index (χ0n) is 12.3. The number of carbonyl (C=O) groups excluding carboxylic acids is 1. The Balaban J connectivity index is 3.60. The van der Waals surface area contributed by atoms with Gasteiger partial charge in [-0.25, -0.2) is 0 Å². The van der Waals surface area contributed by atoms with Gasteiger partial charge in [0, 0.05) is 38.1 Å². The van der Waals surface area contributed by atoms with Crippen molar-refractivity contribution in [2.45, 2.75) is 33.7 Å². The average molecular weight is 243 g/mol. The molecule has 0 bridgehead atoms. The zero-order chi connectivity index (χ0) is 13.4. The third kappa shape index (κ3) is 8.16. The number of amides is 1. The van der Waals surface area contributed by atoms with Gasteiger partial charge in [0.05, 0.1) is 0 Å². The smallest absolute Gasteiger partial charge is 0.222 e. The van der Waals surface area contributed by atoms with Crippen molar-refractivity contribution < 1.29 is 4.79 Å². The van der Waals surface area contributed by atoms with Crippen LogP contribution in [0, 0.1) is 5.92 Å². The second kappa shape index (κ2) is 8.48. The van der Waals surface area contributed by atoms with Crippen LogP contribution in [0.4, 0.5) is 0 Å². The molecule has 1 amide bonds. The SMILES string of the molecule is CC(C)C(=O)NCCN(C)CCN(C)C(C)C. The second-order valence-corrected chi connectivity index (χ2v) is 5.32. The molecule has 0 radical (unpaired) electrons. The molecule has 0 aromatic rings. The van der Waals surface area contributed by atoms with Gasteiger partial charge in [-0.15, -0.1) is 0 Å². The summed E-state index contributed by atoms with van der Waals surface area (Å²) >= 11 is 0. The Morgan fingerprint density at radius 3 is 2.12 bits per heavy atom. The van der Waals surface area contributed by atoms with Crippen molar-refractivity contribution >= 4 is 5.91 Å². The molecule has 0 aliphatic carbocycles. The summed E-state index contributed by atoms with van der Waals surface area (Å²) in [5, 5.41) is 2.93. The van der Waals surface area contributed by atoms with Gasteiger partial charge in [0.2, 0.25) is 5.91 Å². The first-order valence-corrected chi connectivity index (χ1v) is 6.51. The highest BCUT2D eigenvalue weighted by molar-refractivity contribution is 5.77. The van der Waals surface area contributed by atoms with Crippen molar-refractivity contribution in [3.63, 3.8) is 0 Å². The van der Waals surface area contributed by atoms with Gasteiger partial charge in [0.1, 0.15) is 0 Å². The van der Waals surface area contributed by atoms with E-state index in [9.17, 15) is 4.79 Å². The molecule has 0 unspecified atom stereocenters. The fourth-order valence-corrected chi connectivity index (χ4v) is 1.27. The Morgan fingerprint density at radius 1 is 1.06 bits per heavy atom. The molecular formula is C13H29N3O. The number of hydrogen-bond acceptors (Lipinski definition) is 3. The average Bonchev–Trinajstić information content (AvgIpc) is 2.25. The van der Waals surface area contributed by atoms with E-state index < -0.39 is 0 Å². The standard InChI is InChI=1S/C13H29N3O/c1-11(2)13(17)14-7-8-15(5)9-10-16(6)12(3)4/h11-12H,7-10H2,1-6H3,(H,14,17). The van der Waals surface area contributed by atoms with Crippen LogP contribution in [-0.4, -0.2) is 62.0 Å². The summed E-state index contributed by atoms with van der Waals surface area (Å²) in [6, 6.07) is 0.587. The fourth-order valence-electron chi connectivity index (χ4n) is 1.27. The van der Waals surface area contributed by atoms with Crippen LogP contribution in [0.15, 0.2) is 0 Å². The lowest BCUT2D eigenvalue weighted by molar-refractivity contribution is -0.124. The molecule has 0 saturated carbocycles. The van der Waals surface area contributed by atoms with Crippen molar-refractivity contribution in [1.29, 1.82) is 0 Å². The molecule has 0 aliphatic rings. The van der Waals surface area contributed by atoms with Crippen LogP contribution in [0.1, 0.15) is 27.7 Å². The summed E-state index contributed by atoms with van der Waals surface area (Å²) in [5.41, 5.74) is 0. The molecule has 0 atom stereocenters. The molecular weight excluding hydrogens is 214 g/mol. The summed E-state index contributed by atoms with van der Waals surface area (Å²) < 4.78 is 0. The Morgan fingerprint density at radius 2 is 1.65 bits per heavy atom. The summed E-state index contributed by atoms with van der Waals surface area (Å²) in [5.74, 6) is 0.213. The third-order valence-electron chi connectivity index (χ3n) is 3.03. The lowest BCUT2D eigenvalue weighted by atomic mass is 10.2. The maximum Gasteiger partial charge on any atom is 0.222 e. The van der Waals surface area contributed by atoms with Crippen molar-refractivity contribution in [3.8, 4) is 0 Å². The molecule has 4 nitrogen and oxygen atoms in total. The van der Waals surface area contributed by atoms with Gasteiger partial charge < -0.3 is 15.1 Å². The molecule has 102 valence electrons. The number of rotatable bonds is 8. The Labute approximate surface area is 106 Å². The summed E-state index contributed by atoms with van der Waals surface area (Å²) in [6.07, 6.45) is 0. The lowest BCUT2D eigenvalue weighted by Crippen LogP contribution is -2.39. The highest BCUT2D eigenvalue weighted by Crippen LogP contribution is 1.94. The predicted octanol–water partition coefficient (Wildman–Crippen LogP) is 1.03. The van der Waals surface area contributed by atoms with E-state index >= 15 is 0 Å². The first kappa shape index (κ1) is 16.4. The first-order valence-electron chi connectivity index (χ1n) is 6.51. The van der Waals surface area contributed by atoms with E-state index in [0.717, 1.165) is 26.2 Å². The number of hydrogen-bond donors (Lipinski definition) is 1. The van der Waals surface area contributed by atoms with E-state index in [1.807, 2.05) is 13.8 Å². The minimum Gasteiger partial charge on any atom is -0.355 e. The lowest BCUT2D eigenvalue weighted by Gasteiger charge is -2.24. The molecule has 17 heavy (non-hydrogen) atoms. The van der Waals surface area contributed by atoms with E-state index in [4.69, 9.17) is 0 Å². The molecule has 0 heterocycles. The van der Waals surface area contributed by atoms with Gasteiger partial charge in [-0.2, -0.15) is 0 Å². The zero-order valence-corrected chi connectivity index (χ0v) is 12.3.